The summed E-state index contributed by atoms with van der Waals surface area (Å²) in [5.41, 5.74) is 12.6. The summed E-state index contributed by atoms with van der Waals surface area (Å²) < 4.78 is 27.7. The minimum Gasteiger partial charge on any atom is -0.383 e. The summed E-state index contributed by atoms with van der Waals surface area (Å²) in [6, 6.07) is 3.39. The van der Waals surface area contributed by atoms with Crippen molar-refractivity contribution in [3.63, 3.8) is 0 Å². The van der Waals surface area contributed by atoms with E-state index in [0.717, 1.165) is 16.9 Å². The highest BCUT2D eigenvalue weighted by atomic mass is 32.2. The Balaban J connectivity index is 1.96. The molecule has 10 heteroatoms. The maximum absolute atomic E-state index is 12.6. The fourth-order valence-electron chi connectivity index (χ4n) is 2.91. The second kappa shape index (κ2) is 4.77. The zero-order valence-corrected chi connectivity index (χ0v) is 13.0. The fraction of sp³-hybridized carbons (Fsp3) is 0.308. The van der Waals surface area contributed by atoms with E-state index in [-0.39, 0.29) is 11.8 Å². The number of nitrogens with two attached hydrogens (primary N) is 2. The lowest BCUT2D eigenvalue weighted by Gasteiger charge is -2.14. The average Bonchev–Trinajstić information content (AvgIpc) is 3.16. The Labute approximate surface area is 132 Å². The van der Waals surface area contributed by atoms with E-state index < -0.39 is 10.2 Å². The fourth-order valence-corrected chi connectivity index (χ4v) is 4.29. The van der Waals surface area contributed by atoms with Gasteiger partial charge in [0.2, 0.25) is 5.95 Å². The molecule has 3 heterocycles. The van der Waals surface area contributed by atoms with E-state index in [1.54, 1.807) is 12.1 Å². The normalized spacial score (nSPS) is 16.5. The smallest absolute Gasteiger partial charge is 0.322 e. The van der Waals surface area contributed by atoms with Gasteiger partial charge in [0.05, 0.1) is 22.6 Å². The molecule has 0 atom stereocenters. The molecule has 1 fully saturated rings. The monoisotopic (exact) mass is 333 g/mol. The van der Waals surface area contributed by atoms with Crippen LogP contribution in [0.3, 0.4) is 0 Å². The van der Waals surface area contributed by atoms with Crippen molar-refractivity contribution in [1.29, 1.82) is 0 Å². The third-order valence-electron chi connectivity index (χ3n) is 4.00. The van der Waals surface area contributed by atoms with E-state index in [1.165, 1.54) is 10.5 Å². The van der Waals surface area contributed by atoms with Gasteiger partial charge in [0.25, 0.3) is 0 Å². The molecule has 0 radical (unpaired) electrons. The first-order chi connectivity index (χ1) is 11.0. The Morgan fingerprint density at radius 3 is 2.48 bits per heavy atom. The summed E-state index contributed by atoms with van der Waals surface area (Å²) in [5, 5.41) is 5.33. The van der Waals surface area contributed by atoms with Gasteiger partial charge in [-0.25, -0.2) is 4.98 Å². The molecular weight excluding hydrogens is 318 g/mol. The average molecular weight is 333 g/mol. The number of nitrogens with zero attached hydrogens (tertiary/aromatic N) is 5. The Bertz CT molecular complexity index is 1020. The van der Waals surface area contributed by atoms with Crippen LogP contribution in [0, 0.1) is 0 Å². The maximum atomic E-state index is 12.6. The first kappa shape index (κ1) is 14.2. The van der Waals surface area contributed by atoms with Crippen LogP contribution in [0.2, 0.25) is 0 Å². The van der Waals surface area contributed by atoms with Crippen molar-refractivity contribution in [2.75, 3.05) is 24.6 Å². The van der Waals surface area contributed by atoms with Gasteiger partial charge < -0.3 is 11.5 Å². The molecule has 2 aromatic heterocycles. The number of fused-ring (bicyclic) bond motifs is 3. The molecule has 1 aromatic carbocycles. The molecule has 3 aromatic rings. The third-order valence-corrected chi connectivity index (χ3v) is 5.68. The predicted molar refractivity (Wildman–Crippen MR) is 86.8 cm³/mol. The molecule has 1 aliphatic heterocycles. The lowest BCUT2D eigenvalue weighted by atomic mass is 10.1. The van der Waals surface area contributed by atoms with Gasteiger partial charge in [-0.15, -0.1) is 0 Å². The Hall–Kier alpha value is -2.46. The largest absolute Gasteiger partial charge is 0.383 e. The van der Waals surface area contributed by atoms with Gasteiger partial charge in [0.1, 0.15) is 5.82 Å². The van der Waals surface area contributed by atoms with Gasteiger partial charge in [-0.1, -0.05) is 0 Å². The second-order valence-corrected chi connectivity index (χ2v) is 7.26. The van der Waals surface area contributed by atoms with Crippen LogP contribution in [0.25, 0.3) is 21.8 Å². The van der Waals surface area contributed by atoms with E-state index in [0.29, 0.717) is 34.9 Å². The minimum absolute atomic E-state index is 0.0754. The van der Waals surface area contributed by atoms with Crippen LogP contribution in [0.5, 0.6) is 0 Å². The number of anilines is 2. The number of aromatic nitrogens is 4. The Morgan fingerprint density at radius 1 is 1.04 bits per heavy atom. The molecule has 0 aliphatic carbocycles. The van der Waals surface area contributed by atoms with Gasteiger partial charge in [-0.05, 0) is 25.0 Å². The standard InChI is InChI=1S/C13H15N7O2S/c14-12-11-8-7-20(23(21,22)19-5-1-2-6-19)18-9(8)3-4-10(11)16-13(15)17-12/h3-4,7H,1-2,5-6H2,(H4,14,15,16,17). The van der Waals surface area contributed by atoms with E-state index in [2.05, 4.69) is 15.1 Å². The molecule has 120 valence electrons. The lowest BCUT2D eigenvalue weighted by molar-refractivity contribution is 0.464. The van der Waals surface area contributed by atoms with Crippen LogP contribution in [0.4, 0.5) is 11.8 Å². The summed E-state index contributed by atoms with van der Waals surface area (Å²) in [6.07, 6.45) is 3.19. The van der Waals surface area contributed by atoms with Crippen molar-refractivity contribution in [2.24, 2.45) is 0 Å². The van der Waals surface area contributed by atoms with E-state index in [1.807, 2.05) is 0 Å². The summed E-state index contributed by atoms with van der Waals surface area (Å²) in [4.78, 5) is 8.07. The molecule has 23 heavy (non-hydrogen) atoms. The summed E-state index contributed by atoms with van der Waals surface area (Å²) in [7, 11) is -3.66. The Morgan fingerprint density at radius 2 is 1.74 bits per heavy atom. The first-order valence-electron chi connectivity index (χ1n) is 7.18. The Kier molecular flexibility index (Phi) is 2.93. The zero-order chi connectivity index (χ0) is 16.2. The van der Waals surface area contributed by atoms with E-state index in [4.69, 9.17) is 11.5 Å². The topological polar surface area (TPSA) is 133 Å². The van der Waals surface area contributed by atoms with Crippen molar-refractivity contribution >= 4 is 43.8 Å². The summed E-state index contributed by atoms with van der Waals surface area (Å²) in [5.74, 6) is 0.280. The number of benzene rings is 1. The lowest BCUT2D eigenvalue weighted by Crippen LogP contribution is -2.33. The van der Waals surface area contributed by atoms with Crippen LogP contribution in [0.1, 0.15) is 12.8 Å². The molecule has 0 saturated carbocycles. The van der Waals surface area contributed by atoms with E-state index >= 15 is 0 Å². The van der Waals surface area contributed by atoms with Crippen LogP contribution in [0.15, 0.2) is 18.3 Å². The van der Waals surface area contributed by atoms with Crippen LogP contribution < -0.4 is 11.5 Å². The molecular formula is C13H15N7O2S. The number of hydrogen-bond acceptors (Lipinski definition) is 7. The number of nitrogen functional groups attached to an aromatic ring is 2. The summed E-state index contributed by atoms with van der Waals surface area (Å²) in [6.45, 7) is 1.03. The van der Waals surface area contributed by atoms with Gasteiger partial charge in [-0.2, -0.15) is 26.9 Å². The minimum atomic E-state index is -3.66. The van der Waals surface area contributed by atoms with E-state index in [9.17, 15) is 8.42 Å². The van der Waals surface area contributed by atoms with Crippen LogP contribution in [-0.4, -0.2) is 45.0 Å². The van der Waals surface area contributed by atoms with Crippen molar-refractivity contribution < 1.29 is 8.42 Å². The van der Waals surface area contributed by atoms with Gasteiger partial charge >= 0.3 is 10.2 Å². The van der Waals surface area contributed by atoms with Crippen LogP contribution >= 0.6 is 0 Å². The molecule has 0 amide bonds. The summed E-state index contributed by atoms with van der Waals surface area (Å²) >= 11 is 0. The molecule has 0 unspecified atom stereocenters. The molecule has 1 saturated heterocycles. The third kappa shape index (κ3) is 2.10. The quantitative estimate of drug-likeness (QED) is 0.690. The zero-order valence-electron chi connectivity index (χ0n) is 12.2. The van der Waals surface area contributed by atoms with Gasteiger partial charge in [-0.3, -0.25) is 0 Å². The highest BCUT2D eigenvalue weighted by Gasteiger charge is 2.28. The maximum Gasteiger partial charge on any atom is 0.322 e. The van der Waals surface area contributed by atoms with Crippen LogP contribution in [-0.2, 0) is 10.2 Å². The first-order valence-corrected chi connectivity index (χ1v) is 8.58. The van der Waals surface area contributed by atoms with Gasteiger partial charge in [0, 0.05) is 18.5 Å². The molecule has 1 aliphatic rings. The predicted octanol–water partition coefficient (Wildman–Crippen LogP) is 0.333. The molecule has 0 spiro atoms. The number of rotatable bonds is 2. The van der Waals surface area contributed by atoms with Gasteiger partial charge in [0.15, 0.2) is 0 Å². The van der Waals surface area contributed by atoms with Crippen molar-refractivity contribution in [2.45, 2.75) is 12.8 Å². The molecule has 4 rings (SSSR count). The number of hydrogen-bond donors (Lipinski definition) is 2. The highest BCUT2D eigenvalue weighted by molar-refractivity contribution is 7.87. The van der Waals surface area contributed by atoms with Crippen molar-refractivity contribution in [1.82, 2.24) is 23.5 Å². The molecule has 9 nitrogen and oxygen atoms in total. The van der Waals surface area contributed by atoms with Crippen molar-refractivity contribution in [3.8, 4) is 0 Å². The van der Waals surface area contributed by atoms with Crippen molar-refractivity contribution in [3.05, 3.63) is 18.3 Å². The second-order valence-electron chi connectivity index (χ2n) is 5.48. The highest BCUT2D eigenvalue weighted by Crippen LogP contribution is 2.28. The molecule has 0 bridgehead atoms. The molecule has 4 N–H and O–H groups in total. The SMILES string of the molecule is Nc1nc(N)c2c(ccc3nn(S(=O)(=O)N4CCCC4)cc32)n1.